The van der Waals surface area contributed by atoms with Gasteiger partial charge in [0.25, 0.3) is 5.91 Å². The summed E-state index contributed by atoms with van der Waals surface area (Å²) in [6, 6.07) is 13.3. The van der Waals surface area contributed by atoms with Crippen LogP contribution in [0.1, 0.15) is 65.2 Å². The first-order valence-corrected chi connectivity index (χ1v) is 15.9. The minimum atomic E-state index is -0.894. The third-order valence-corrected chi connectivity index (χ3v) is 10.6. The molecule has 5 atom stereocenters. The lowest BCUT2D eigenvalue weighted by Crippen LogP contribution is -2.53. The molecule has 3 heterocycles. The zero-order chi connectivity index (χ0) is 29.7. The Bertz CT molecular complexity index is 1710. The lowest BCUT2D eigenvalue weighted by atomic mass is 9.91. The summed E-state index contributed by atoms with van der Waals surface area (Å²) in [4.78, 5) is 64.1. The first-order valence-electron chi connectivity index (χ1n) is 15.1. The van der Waals surface area contributed by atoms with Gasteiger partial charge in [-0.1, -0.05) is 24.6 Å². The van der Waals surface area contributed by atoms with Gasteiger partial charge in [-0.15, -0.1) is 11.3 Å². The van der Waals surface area contributed by atoms with Crippen molar-refractivity contribution in [3.8, 4) is 5.75 Å². The Labute approximate surface area is 253 Å². The quantitative estimate of drug-likeness (QED) is 0.271. The SMILES string of the molecule is COc1cccc2[nH]c(C(=O)N3C[C@@H]4CCC[C@@H]4[C@H]3C(=O)N[C@@H](C[C@@H]3CCCC3=O)C(=O)c3nc4ccccc4s3)cc12. The van der Waals surface area contributed by atoms with E-state index < -0.39 is 12.1 Å². The Morgan fingerprint density at radius 2 is 1.98 bits per heavy atom. The van der Waals surface area contributed by atoms with Crippen molar-refractivity contribution in [2.75, 3.05) is 13.7 Å². The molecule has 2 N–H and O–H groups in total. The van der Waals surface area contributed by atoms with Gasteiger partial charge in [-0.05, 0) is 74.3 Å². The molecule has 2 saturated carbocycles. The average molecular weight is 599 g/mol. The molecule has 0 spiro atoms. The van der Waals surface area contributed by atoms with Gasteiger partial charge in [0.05, 0.1) is 23.4 Å². The number of fused-ring (bicyclic) bond motifs is 3. The normalized spacial score (nSPS) is 24.0. The molecule has 0 unspecified atom stereocenters. The van der Waals surface area contributed by atoms with Crippen molar-refractivity contribution in [2.45, 2.75) is 57.0 Å². The molecule has 2 aromatic heterocycles. The number of ketones is 2. The van der Waals surface area contributed by atoms with E-state index in [1.807, 2.05) is 42.5 Å². The third-order valence-electron chi connectivity index (χ3n) is 9.58. The molecular weight excluding hydrogens is 564 g/mol. The molecule has 2 aliphatic carbocycles. The Morgan fingerprint density at radius 3 is 2.77 bits per heavy atom. The lowest BCUT2D eigenvalue weighted by molar-refractivity contribution is -0.127. The number of H-pyrrole nitrogens is 1. The van der Waals surface area contributed by atoms with Crippen LogP contribution < -0.4 is 10.1 Å². The van der Waals surface area contributed by atoms with Crippen molar-refractivity contribution in [3.63, 3.8) is 0 Å². The second-order valence-corrected chi connectivity index (χ2v) is 13.1. The van der Waals surface area contributed by atoms with Crippen LogP contribution >= 0.6 is 11.3 Å². The van der Waals surface area contributed by atoms with Crippen LogP contribution in [-0.2, 0) is 9.59 Å². The molecule has 43 heavy (non-hydrogen) atoms. The van der Waals surface area contributed by atoms with E-state index in [0.717, 1.165) is 46.8 Å². The van der Waals surface area contributed by atoms with E-state index in [4.69, 9.17) is 4.74 Å². The Balaban J connectivity index is 1.18. The zero-order valence-electron chi connectivity index (χ0n) is 24.0. The Morgan fingerprint density at radius 1 is 1.12 bits per heavy atom. The van der Waals surface area contributed by atoms with Gasteiger partial charge in [-0.25, -0.2) is 4.98 Å². The van der Waals surface area contributed by atoms with Gasteiger partial charge in [-0.2, -0.15) is 0 Å². The minimum absolute atomic E-state index is 0.0224. The van der Waals surface area contributed by atoms with Crippen molar-refractivity contribution in [1.82, 2.24) is 20.2 Å². The molecule has 10 heteroatoms. The van der Waals surface area contributed by atoms with Crippen LogP contribution in [0.25, 0.3) is 21.1 Å². The third kappa shape index (κ3) is 5.01. The van der Waals surface area contributed by atoms with Crippen LogP contribution in [0.3, 0.4) is 0 Å². The molecular formula is C33H34N4O5S. The number of ether oxygens (including phenoxy) is 1. The number of rotatable bonds is 8. The van der Waals surface area contributed by atoms with E-state index in [0.29, 0.717) is 35.8 Å². The highest BCUT2D eigenvalue weighted by Crippen LogP contribution is 2.43. The van der Waals surface area contributed by atoms with E-state index in [1.54, 1.807) is 18.1 Å². The molecule has 222 valence electrons. The number of benzene rings is 2. The number of carbonyl (C=O) groups is 4. The summed E-state index contributed by atoms with van der Waals surface area (Å²) in [7, 11) is 1.59. The summed E-state index contributed by atoms with van der Waals surface area (Å²) in [6.07, 6.45) is 5.08. The molecule has 2 aromatic carbocycles. The number of aromatic nitrogens is 2. The van der Waals surface area contributed by atoms with E-state index in [1.165, 1.54) is 11.3 Å². The first kappa shape index (κ1) is 27.8. The predicted octanol–water partition coefficient (Wildman–Crippen LogP) is 5.15. The summed E-state index contributed by atoms with van der Waals surface area (Å²) in [5.41, 5.74) is 1.91. The fraction of sp³-hybridized carbons (Fsp3) is 0.424. The summed E-state index contributed by atoms with van der Waals surface area (Å²) in [5.74, 6) is -0.0738. The van der Waals surface area contributed by atoms with Gasteiger partial charge in [0.15, 0.2) is 5.01 Å². The highest BCUT2D eigenvalue weighted by Gasteiger charge is 2.50. The molecule has 4 aromatic rings. The Kier molecular flexibility index (Phi) is 7.25. The first-order chi connectivity index (χ1) is 20.9. The number of para-hydroxylation sites is 1. The number of methoxy groups -OCH3 is 1. The largest absolute Gasteiger partial charge is 0.496 e. The van der Waals surface area contributed by atoms with Crippen molar-refractivity contribution >= 4 is 55.8 Å². The van der Waals surface area contributed by atoms with Crippen molar-refractivity contribution < 1.29 is 23.9 Å². The monoisotopic (exact) mass is 598 g/mol. The standard InChI is InChI=1S/C33H34N4O5S/c1-42-27-13-6-11-22-21(27)16-25(34-22)33(41)37-17-19-8-4-9-20(19)29(37)31(40)35-24(15-18-7-5-12-26(18)38)30(39)32-36-23-10-2-3-14-28(23)43-32/h2-3,6,10-11,13-14,16,18-20,24,29,34H,4-5,7-9,12,15,17H2,1H3,(H,35,40)/t18-,19-,20-,24-,29-/m0/s1. The molecule has 1 saturated heterocycles. The van der Waals surface area contributed by atoms with E-state index >= 15 is 0 Å². The molecule has 9 nitrogen and oxygen atoms in total. The maximum absolute atomic E-state index is 14.2. The van der Waals surface area contributed by atoms with Crippen LogP contribution in [0, 0.1) is 17.8 Å². The van der Waals surface area contributed by atoms with Crippen LogP contribution in [0.2, 0.25) is 0 Å². The number of thiazole rings is 1. The predicted molar refractivity (Wildman–Crippen MR) is 163 cm³/mol. The van der Waals surface area contributed by atoms with Gasteiger partial charge in [0.1, 0.15) is 23.3 Å². The molecule has 2 amide bonds. The van der Waals surface area contributed by atoms with E-state index in [9.17, 15) is 19.2 Å². The van der Waals surface area contributed by atoms with Crippen LogP contribution in [0.5, 0.6) is 5.75 Å². The number of amides is 2. The number of aromatic amines is 1. The van der Waals surface area contributed by atoms with Gasteiger partial charge in [0.2, 0.25) is 11.7 Å². The zero-order valence-corrected chi connectivity index (χ0v) is 24.8. The molecule has 1 aliphatic heterocycles. The highest BCUT2D eigenvalue weighted by atomic mass is 32.1. The maximum atomic E-state index is 14.2. The number of carbonyl (C=O) groups excluding carboxylic acids is 4. The highest BCUT2D eigenvalue weighted by molar-refractivity contribution is 7.20. The van der Waals surface area contributed by atoms with E-state index in [-0.39, 0.29) is 47.6 Å². The van der Waals surface area contributed by atoms with Crippen LogP contribution in [0.15, 0.2) is 48.5 Å². The molecule has 3 aliphatic rings. The van der Waals surface area contributed by atoms with Crippen molar-refractivity contribution in [1.29, 1.82) is 0 Å². The summed E-state index contributed by atoms with van der Waals surface area (Å²) in [5, 5.41) is 4.17. The fourth-order valence-corrected chi connectivity index (χ4v) is 8.42. The second-order valence-electron chi connectivity index (χ2n) is 12.1. The van der Waals surface area contributed by atoms with Gasteiger partial charge >= 0.3 is 0 Å². The fourth-order valence-electron chi connectivity index (χ4n) is 7.46. The Hall–Kier alpha value is -4.05. The molecule has 0 radical (unpaired) electrons. The molecule has 7 rings (SSSR count). The number of hydrogen-bond acceptors (Lipinski definition) is 7. The number of likely N-dealkylation sites (tertiary alicyclic amines) is 1. The summed E-state index contributed by atoms with van der Waals surface area (Å²) in [6.45, 7) is 0.492. The lowest BCUT2D eigenvalue weighted by Gasteiger charge is -2.29. The number of nitrogens with zero attached hydrogens (tertiary/aromatic N) is 2. The minimum Gasteiger partial charge on any atom is -0.496 e. The second kappa shape index (κ2) is 11.2. The van der Waals surface area contributed by atoms with Gasteiger partial charge in [-0.3, -0.25) is 19.2 Å². The topological polar surface area (TPSA) is 121 Å². The number of hydrogen-bond donors (Lipinski definition) is 2. The smallest absolute Gasteiger partial charge is 0.271 e. The summed E-state index contributed by atoms with van der Waals surface area (Å²) >= 11 is 1.30. The van der Waals surface area contributed by atoms with Gasteiger partial charge in [0, 0.05) is 29.8 Å². The van der Waals surface area contributed by atoms with Crippen LogP contribution in [0.4, 0.5) is 0 Å². The number of nitrogens with one attached hydrogen (secondary N) is 2. The average Bonchev–Trinajstić information content (AvgIpc) is 3.83. The van der Waals surface area contributed by atoms with Crippen LogP contribution in [-0.4, -0.2) is 64.0 Å². The van der Waals surface area contributed by atoms with Crippen molar-refractivity contribution in [3.05, 3.63) is 59.2 Å². The summed E-state index contributed by atoms with van der Waals surface area (Å²) < 4.78 is 6.37. The van der Waals surface area contributed by atoms with Gasteiger partial charge < -0.3 is 19.9 Å². The molecule has 0 bridgehead atoms. The van der Waals surface area contributed by atoms with E-state index in [2.05, 4.69) is 15.3 Å². The number of Topliss-reactive ketones (excluding diaryl/α,β-unsaturated/α-hetero) is 2. The molecule has 3 fully saturated rings. The maximum Gasteiger partial charge on any atom is 0.271 e. The van der Waals surface area contributed by atoms with Crippen molar-refractivity contribution in [2.24, 2.45) is 17.8 Å².